The quantitative estimate of drug-likeness (QED) is 0.793. The van der Waals surface area contributed by atoms with Crippen LogP contribution in [0.25, 0.3) is 0 Å². The highest BCUT2D eigenvalue weighted by Gasteiger charge is 2.38. The Morgan fingerprint density at radius 1 is 1.42 bits per heavy atom. The van der Waals surface area contributed by atoms with Crippen molar-refractivity contribution < 1.29 is 19.4 Å². The molecule has 0 fully saturated rings. The number of ether oxygens (including phenoxy) is 2. The molecule has 2 atom stereocenters. The Bertz CT molecular complexity index is 542. The van der Waals surface area contributed by atoms with E-state index in [9.17, 15) is 9.90 Å². The van der Waals surface area contributed by atoms with Gasteiger partial charge in [-0.1, -0.05) is 12.1 Å². The molecule has 2 aliphatic rings. The molecule has 3 rings (SSSR count). The van der Waals surface area contributed by atoms with Gasteiger partial charge in [0.15, 0.2) is 11.5 Å². The molecule has 0 aromatic heterocycles. The van der Waals surface area contributed by atoms with Crippen LogP contribution in [-0.2, 0) is 17.6 Å². The Labute approximate surface area is 111 Å². The molecule has 0 spiro atoms. The number of rotatable bonds is 1. The highest BCUT2D eigenvalue weighted by atomic mass is 16.5. The van der Waals surface area contributed by atoms with E-state index in [0.29, 0.717) is 18.8 Å². The third-order valence-electron chi connectivity index (χ3n) is 3.83. The average Bonchev–Trinajstić information content (AvgIpc) is 2.62. The van der Waals surface area contributed by atoms with Gasteiger partial charge in [0.05, 0.1) is 6.61 Å². The minimum absolute atomic E-state index is 0.135. The van der Waals surface area contributed by atoms with Gasteiger partial charge in [0.1, 0.15) is 11.6 Å². The van der Waals surface area contributed by atoms with E-state index in [1.165, 1.54) is 0 Å². The molecule has 102 valence electrons. The number of aliphatic carboxylic acids is 1. The van der Waals surface area contributed by atoms with E-state index in [-0.39, 0.29) is 12.5 Å². The van der Waals surface area contributed by atoms with Crippen molar-refractivity contribution in [1.29, 1.82) is 0 Å². The predicted octanol–water partition coefficient (Wildman–Crippen LogP) is 1.12. The highest BCUT2D eigenvalue weighted by Crippen LogP contribution is 2.43. The minimum Gasteiger partial charge on any atom is -0.489 e. The summed E-state index contributed by atoms with van der Waals surface area (Å²) in [4.78, 5) is 11.3. The largest absolute Gasteiger partial charge is 0.489 e. The molecule has 1 aromatic carbocycles. The molecule has 0 radical (unpaired) electrons. The van der Waals surface area contributed by atoms with Crippen molar-refractivity contribution in [3.63, 3.8) is 0 Å². The normalized spacial score (nSPS) is 28.6. The van der Waals surface area contributed by atoms with Gasteiger partial charge in [0, 0.05) is 30.4 Å². The molecular weight excluding hydrogens is 246 g/mol. The number of nitrogens with two attached hydrogens (primary N) is 1. The molecule has 2 aliphatic heterocycles. The van der Waals surface area contributed by atoms with Crippen LogP contribution >= 0.6 is 0 Å². The first-order valence-corrected chi connectivity index (χ1v) is 6.46. The van der Waals surface area contributed by atoms with Crippen molar-refractivity contribution in [2.75, 3.05) is 6.61 Å². The van der Waals surface area contributed by atoms with Gasteiger partial charge in [-0.3, -0.25) is 4.79 Å². The predicted molar refractivity (Wildman–Crippen MR) is 68.6 cm³/mol. The van der Waals surface area contributed by atoms with Crippen molar-refractivity contribution in [3.8, 4) is 11.5 Å². The SMILES string of the molecule is CC1Cc2ccc3c(c2O1)OCCC(N)(C(=O)O)C3. The van der Waals surface area contributed by atoms with E-state index in [1.807, 2.05) is 19.1 Å². The summed E-state index contributed by atoms with van der Waals surface area (Å²) in [6.45, 7) is 2.30. The van der Waals surface area contributed by atoms with Gasteiger partial charge in [-0.15, -0.1) is 0 Å². The van der Waals surface area contributed by atoms with Gasteiger partial charge in [-0.2, -0.15) is 0 Å². The Balaban J connectivity index is 2.03. The van der Waals surface area contributed by atoms with Crippen LogP contribution in [0.5, 0.6) is 11.5 Å². The number of fused-ring (bicyclic) bond motifs is 3. The van der Waals surface area contributed by atoms with Crippen molar-refractivity contribution in [1.82, 2.24) is 0 Å². The third-order valence-corrected chi connectivity index (χ3v) is 3.83. The Morgan fingerprint density at radius 3 is 2.89 bits per heavy atom. The van der Waals surface area contributed by atoms with Gasteiger partial charge >= 0.3 is 5.97 Å². The van der Waals surface area contributed by atoms with E-state index in [4.69, 9.17) is 15.2 Å². The summed E-state index contributed by atoms with van der Waals surface area (Å²) in [5.74, 6) is 0.453. The first kappa shape index (κ1) is 12.3. The fourth-order valence-corrected chi connectivity index (χ4v) is 2.73. The molecule has 0 saturated heterocycles. The number of carboxylic acid groups (broad SMARTS) is 1. The molecule has 2 unspecified atom stereocenters. The lowest BCUT2D eigenvalue weighted by Crippen LogP contribution is -2.50. The van der Waals surface area contributed by atoms with Crippen LogP contribution < -0.4 is 15.2 Å². The van der Waals surface area contributed by atoms with Gasteiger partial charge in [-0.05, 0) is 6.92 Å². The highest BCUT2D eigenvalue weighted by molar-refractivity contribution is 5.79. The Kier molecular flexibility index (Phi) is 2.67. The van der Waals surface area contributed by atoms with Crippen molar-refractivity contribution in [2.24, 2.45) is 5.73 Å². The van der Waals surface area contributed by atoms with E-state index in [1.54, 1.807) is 0 Å². The van der Waals surface area contributed by atoms with Crippen LogP contribution in [0.4, 0.5) is 0 Å². The van der Waals surface area contributed by atoms with E-state index in [0.717, 1.165) is 23.3 Å². The molecule has 5 heteroatoms. The zero-order chi connectivity index (χ0) is 13.6. The Hall–Kier alpha value is -1.75. The maximum Gasteiger partial charge on any atom is 0.324 e. The van der Waals surface area contributed by atoms with Crippen LogP contribution in [-0.4, -0.2) is 29.3 Å². The second kappa shape index (κ2) is 4.13. The first-order chi connectivity index (χ1) is 8.99. The number of benzene rings is 1. The van der Waals surface area contributed by atoms with Crippen LogP contribution in [0.15, 0.2) is 12.1 Å². The molecule has 3 N–H and O–H groups in total. The summed E-state index contributed by atoms with van der Waals surface area (Å²) in [5.41, 5.74) is 6.64. The fraction of sp³-hybridized carbons (Fsp3) is 0.500. The van der Waals surface area contributed by atoms with Gasteiger partial charge in [0.25, 0.3) is 0 Å². The molecule has 0 amide bonds. The second-order valence-corrected chi connectivity index (χ2v) is 5.41. The van der Waals surface area contributed by atoms with Crippen LogP contribution in [0.3, 0.4) is 0 Å². The topological polar surface area (TPSA) is 81.8 Å². The van der Waals surface area contributed by atoms with Crippen molar-refractivity contribution in [2.45, 2.75) is 37.8 Å². The van der Waals surface area contributed by atoms with Crippen LogP contribution in [0.2, 0.25) is 0 Å². The Morgan fingerprint density at radius 2 is 2.16 bits per heavy atom. The fourth-order valence-electron chi connectivity index (χ4n) is 2.73. The summed E-state index contributed by atoms with van der Waals surface area (Å²) in [7, 11) is 0. The monoisotopic (exact) mass is 263 g/mol. The number of carbonyl (C=O) groups is 1. The minimum atomic E-state index is -1.26. The average molecular weight is 263 g/mol. The molecule has 0 bridgehead atoms. The molecule has 5 nitrogen and oxygen atoms in total. The molecular formula is C14H17NO4. The van der Waals surface area contributed by atoms with Crippen LogP contribution in [0.1, 0.15) is 24.5 Å². The second-order valence-electron chi connectivity index (χ2n) is 5.41. The van der Waals surface area contributed by atoms with Gasteiger partial charge < -0.3 is 20.3 Å². The molecule has 19 heavy (non-hydrogen) atoms. The molecule has 2 heterocycles. The summed E-state index contributed by atoms with van der Waals surface area (Å²) in [6.07, 6.45) is 1.55. The van der Waals surface area contributed by atoms with Crippen molar-refractivity contribution in [3.05, 3.63) is 23.3 Å². The standard InChI is InChI=1S/C14H17NO4/c1-8-6-9-2-3-10-7-14(15,13(16)17)4-5-18-11(10)12(9)19-8/h2-3,8H,4-7,15H2,1H3,(H,16,17). The van der Waals surface area contributed by atoms with Crippen molar-refractivity contribution >= 4 is 5.97 Å². The van der Waals surface area contributed by atoms with E-state index < -0.39 is 11.5 Å². The smallest absolute Gasteiger partial charge is 0.324 e. The summed E-state index contributed by atoms with van der Waals surface area (Å²) >= 11 is 0. The van der Waals surface area contributed by atoms with Gasteiger partial charge in [0.2, 0.25) is 0 Å². The molecule has 1 aromatic rings. The number of carboxylic acids is 1. The molecule has 0 saturated carbocycles. The zero-order valence-electron chi connectivity index (χ0n) is 10.8. The first-order valence-electron chi connectivity index (χ1n) is 6.46. The maximum absolute atomic E-state index is 11.3. The van der Waals surface area contributed by atoms with E-state index in [2.05, 4.69) is 0 Å². The number of hydrogen-bond acceptors (Lipinski definition) is 4. The van der Waals surface area contributed by atoms with Gasteiger partial charge in [-0.25, -0.2) is 0 Å². The lowest BCUT2D eigenvalue weighted by Gasteiger charge is -2.21. The summed E-state index contributed by atoms with van der Waals surface area (Å²) < 4.78 is 11.5. The van der Waals surface area contributed by atoms with E-state index >= 15 is 0 Å². The summed E-state index contributed by atoms with van der Waals surface area (Å²) in [5, 5.41) is 9.27. The lowest BCUT2D eigenvalue weighted by atomic mass is 9.89. The zero-order valence-corrected chi connectivity index (χ0v) is 10.8. The molecule has 0 aliphatic carbocycles. The lowest BCUT2D eigenvalue weighted by molar-refractivity contribution is -0.143. The third kappa shape index (κ3) is 1.94. The maximum atomic E-state index is 11.3. The summed E-state index contributed by atoms with van der Waals surface area (Å²) in [6, 6.07) is 3.89. The number of hydrogen-bond donors (Lipinski definition) is 2. The van der Waals surface area contributed by atoms with Crippen LogP contribution in [0, 0.1) is 0 Å².